The van der Waals surface area contributed by atoms with Crippen molar-refractivity contribution in [1.82, 2.24) is 19.5 Å². The highest BCUT2D eigenvalue weighted by molar-refractivity contribution is 7.89. The van der Waals surface area contributed by atoms with Crippen molar-refractivity contribution in [3.63, 3.8) is 0 Å². The quantitative estimate of drug-likeness (QED) is 0.401. The predicted molar refractivity (Wildman–Crippen MR) is 117 cm³/mol. The Morgan fingerprint density at radius 3 is 2.43 bits per heavy atom. The molecule has 0 saturated carbocycles. The Bertz CT molecular complexity index is 1550. The van der Waals surface area contributed by atoms with Gasteiger partial charge in [0.2, 0.25) is 10.0 Å². The van der Waals surface area contributed by atoms with Crippen LogP contribution in [0.25, 0.3) is 11.1 Å². The molecule has 2 atom stereocenters. The van der Waals surface area contributed by atoms with Gasteiger partial charge in [0.1, 0.15) is 16.4 Å². The van der Waals surface area contributed by atoms with Gasteiger partial charge < -0.3 is 0 Å². The molecule has 2 aliphatic rings. The lowest BCUT2D eigenvalue weighted by molar-refractivity contribution is -0.141. The van der Waals surface area contributed by atoms with E-state index in [2.05, 4.69) is 15.2 Å². The summed E-state index contributed by atoms with van der Waals surface area (Å²) in [5, 5.41) is 7.03. The van der Waals surface area contributed by atoms with E-state index < -0.39 is 34.0 Å². The molecule has 4 aromatic rings. The van der Waals surface area contributed by atoms with Crippen LogP contribution in [0, 0.1) is 5.82 Å². The number of H-pyrrole nitrogens is 1. The number of hydrogen-bond donors (Lipinski definition) is 1. The van der Waals surface area contributed by atoms with Gasteiger partial charge in [-0.2, -0.15) is 22.6 Å². The van der Waals surface area contributed by atoms with Crippen LogP contribution in [0.5, 0.6) is 0 Å². The van der Waals surface area contributed by atoms with Crippen LogP contribution in [-0.4, -0.2) is 27.9 Å². The standard InChI is InChI=1S/C24H16F4N4O2S/c25-14-6-4-13(5-7-14)16-2-1-3-17-22(16)20-10-19-18(12-30-31-19)23(17)32(20)35(33,34)15-8-9-21(29-11-15)24(26,27)28/h1-9,11-12,20,23H,10H2,(H,30,31). The Balaban J connectivity index is 1.52. The first-order valence-corrected chi connectivity index (χ1v) is 12.1. The van der Waals surface area contributed by atoms with E-state index >= 15 is 0 Å². The van der Waals surface area contributed by atoms with E-state index in [4.69, 9.17) is 0 Å². The molecule has 0 aliphatic carbocycles. The summed E-state index contributed by atoms with van der Waals surface area (Å²) in [5.41, 5.74) is 3.32. The number of hydrogen-bond acceptors (Lipinski definition) is 4. The summed E-state index contributed by atoms with van der Waals surface area (Å²) >= 11 is 0. The Morgan fingerprint density at radius 2 is 1.74 bits per heavy atom. The van der Waals surface area contributed by atoms with Crippen molar-refractivity contribution in [3.05, 3.63) is 101 Å². The number of benzene rings is 2. The molecule has 35 heavy (non-hydrogen) atoms. The van der Waals surface area contributed by atoms with Gasteiger partial charge >= 0.3 is 6.18 Å². The number of rotatable bonds is 3. The molecule has 178 valence electrons. The molecule has 0 fully saturated rings. The molecule has 11 heteroatoms. The minimum Gasteiger partial charge on any atom is -0.282 e. The third-order valence-corrected chi connectivity index (χ3v) is 8.39. The Labute approximate surface area is 197 Å². The number of nitrogens with one attached hydrogen (secondary N) is 1. The van der Waals surface area contributed by atoms with E-state index in [-0.39, 0.29) is 10.7 Å². The highest BCUT2D eigenvalue weighted by Gasteiger charge is 2.52. The first-order chi connectivity index (χ1) is 16.7. The third kappa shape index (κ3) is 3.29. The van der Waals surface area contributed by atoms with Crippen LogP contribution in [0.1, 0.15) is 40.2 Å². The number of nitrogens with zero attached hydrogens (tertiary/aromatic N) is 3. The maximum atomic E-state index is 13.8. The van der Waals surface area contributed by atoms with Crippen LogP contribution >= 0.6 is 0 Å². The first kappa shape index (κ1) is 21.9. The summed E-state index contributed by atoms with van der Waals surface area (Å²) in [6, 6.07) is 11.7. The Morgan fingerprint density at radius 1 is 0.971 bits per heavy atom. The fourth-order valence-corrected chi connectivity index (χ4v) is 6.75. The van der Waals surface area contributed by atoms with Gasteiger partial charge in [-0.05, 0) is 46.5 Å². The molecule has 4 heterocycles. The smallest absolute Gasteiger partial charge is 0.282 e. The normalized spacial score (nSPS) is 19.4. The number of aromatic nitrogens is 3. The van der Waals surface area contributed by atoms with Crippen molar-refractivity contribution in [3.8, 4) is 11.1 Å². The number of alkyl halides is 3. The fraction of sp³-hybridized carbons (Fsp3) is 0.167. The maximum Gasteiger partial charge on any atom is 0.433 e. The zero-order chi connectivity index (χ0) is 24.5. The molecule has 0 spiro atoms. The second-order valence-electron chi connectivity index (χ2n) is 8.45. The topological polar surface area (TPSA) is 79.0 Å². The second kappa shape index (κ2) is 7.46. The zero-order valence-corrected chi connectivity index (χ0v) is 18.6. The molecule has 6 rings (SSSR count). The molecule has 0 amide bonds. The lowest BCUT2D eigenvalue weighted by atomic mass is 9.92. The highest BCUT2D eigenvalue weighted by Crippen LogP contribution is 2.56. The summed E-state index contributed by atoms with van der Waals surface area (Å²) in [6.07, 6.45) is -2.07. The van der Waals surface area contributed by atoms with Crippen LogP contribution in [0.2, 0.25) is 0 Å². The summed E-state index contributed by atoms with van der Waals surface area (Å²) in [7, 11) is -4.25. The lowest BCUT2D eigenvalue weighted by Crippen LogP contribution is -2.37. The molecule has 2 bridgehead atoms. The van der Waals surface area contributed by atoms with Crippen molar-refractivity contribution >= 4 is 10.0 Å². The first-order valence-electron chi connectivity index (χ1n) is 10.6. The SMILES string of the molecule is O=S(=O)(c1ccc(C(F)(F)F)nc1)N1C2Cc3[nH]ncc3C1c1cccc(-c3ccc(F)cc3)c12. The van der Waals surface area contributed by atoms with E-state index in [1.807, 2.05) is 18.2 Å². The molecule has 2 aromatic heterocycles. The number of pyridine rings is 1. The van der Waals surface area contributed by atoms with Crippen LogP contribution in [0.4, 0.5) is 17.6 Å². The molecule has 6 nitrogen and oxygen atoms in total. The van der Waals surface area contributed by atoms with Crippen molar-refractivity contribution in [2.24, 2.45) is 0 Å². The van der Waals surface area contributed by atoms with Crippen LogP contribution in [-0.2, 0) is 22.6 Å². The van der Waals surface area contributed by atoms with E-state index in [0.29, 0.717) is 18.1 Å². The molecule has 1 N–H and O–H groups in total. The Kier molecular flexibility index (Phi) is 4.68. The molecule has 2 aromatic carbocycles. The van der Waals surface area contributed by atoms with E-state index in [1.54, 1.807) is 18.3 Å². The summed E-state index contributed by atoms with van der Waals surface area (Å²) in [4.78, 5) is 3.02. The van der Waals surface area contributed by atoms with Gasteiger partial charge in [0, 0.05) is 23.9 Å². The van der Waals surface area contributed by atoms with Gasteiger partial charge in [0.25, 0.3) is 0 Å². The molecular weight excluding hydrogens is 484 g/mol. The van der Waals surface area contributed by atoms with E-state index in [1.165, 1.54) is 16.4 Å². The van der Waals surface area contributed by atoms with Crippen molar-refractivity contribution in [1.29, 1.82) is 0 Å². The zero-order valence-electron chi connectivity index (χ0n) is 17.8. The summed E-state index contributed by atoms with van der Waals surface area (Å²) < 4.78 is 81.5. The molecule has 2 unspecified atom stereocenters. The third-order valence-electron chi connectivity index (χ3n) is 6.53. The Hall–Kier alpha value is -3.57. The minimum absolute atomic E-state index is 0.296. The maximum absolute atomic E-state index is 13.8. The van der Waals surface area contributed by atoms with Gasteiger partial charge in [-0.3, -0.25) is 10.1 Å². The van der Waals surface area contributed by atoms with E-state index in [9.17, 15) is 26.0 Å². The van der Waals surface area contributed by atoms with Crippen molar-refractivity contribution in [2.75, 3.05) is 0 Å². The van der Waals surface area contributed by atoms with Crippen LogP contribution in [0.15, 0.2) is 71.9 Å². The van der Waals surface area contributed by atoms with Gasteiger partial charge in [0.05, 0.1) is 18.3 Å². The van der Waals surface area contributed by atoms with Crippen LogP contribution in [0.3, 0.4) is 0 Å². The number of fused-ring (bicyclic) bond motifs is 7. The van der Waals surface area contributed by atoms with Gasteiger partial charge in [-0.1, -0.05) is 30.3 Å². The van der Waals surface area contributed by atoms with Gasteiger partial charge in [-0.25, -0.2) is 12.8 Å². The predicted octanol–water partition coefficient (Wildman–Crippen LogP) is 5.02. The largest absolute Gasteiger partial charge is 0.433 e. The monoisotopic (exact) mass is 500 g/mol. The molecule has 0 radical (unpaired) electrons. The average Bonchev–Trinajstić information content (AvgIpc) is 3.40. The average molecular weight is 500 g/mol. The number of aromatic amines is 1. The molecule has 0 saturated heterocycles. The summed E-state index contributed by atoms with van der Waals surface area (Å²) in [6.45, 7) is 0. The summed E-state index contributed by atoms with van der Waals surface area (Å²) in [5.74, 6) is -0.389. The van der Waals surface area contributed by atoms with Crippen molar-refractivity contribution in [2.45, 2.75) is 29.6 Å². The van der Waals surface area contributed by atoms with Crippen molar-refractivity contribution < 1.29 is 26.0 Å². The fourth-order valence-electron chi connectivity index (χ4n) is 5.06. The highest BCUT2D eigenvalue weighted by atomic mass is 32.2. The van der Waals surface area contributed by atoms with Gasteiger partial charge in [-0.15, -0.1) is 0 Å². The number of halogens is 4. The van der Waals surface area contributed by atoms with E-state index in [0.717, 1.165) is 40.2 Å². The second-order valence-corrected chi connectivity index (χ2v) is 10.3. The van der Waals surface area contributed by atoms with Crippen LogP contribution < -0.4 is 0 Å². The van der Waals surface area contributed by atoms with Gasteiger partial charge in [0.15, 0.2) is 0 Å². The lowest BCUT2D eigenvalue weighted by Gasteiger charge is -2.33. The molecule has 2 aliphatic heterocycles. The number of sulfonamides is 1. The minimum atomic E-state index is -4.68. The molecular formula is C24H16F4N4O2S.